The molecule has 2 rings (SSSR count). The summed E-state index contributed by atoms with van der Waals surface area (Å²) in [6.07, 6.45) is -4.71. The van der Waals surface area contributed by atoms with E-state index in [4.69, 9.17) is 10.5 Å². The first-order valence-electron chi connectivity index (χ1n) is 6.25. The molecule has 0 bridgehead atoms. The van der Waals surface area contributed by atoms with Gasteiger partial charge in [0, 0.05) is 10.0 Å². The van der Waals surface area contributed by atoms with Crippen molar-refractivity contribution in [1.29, 1.82) is 0 Å². The summed E-state index contributed by atoms with van der Waals surface area (Å²) in [5, 5.41) is 0. The van der Waals surface area contributed by atoms with Crippen LogP contribution in [0.1, 0.15) is 17.2 Å². The third-order valence-corrected chi connectivity index (χ3v) is 3.49. The molecule has 0 aliphatic heterocycles. The molecule has 0 aliphatic carbocycles. The van der Waals surface area contributed by atoms with Crippen molar-refractivity contribution in [3.8, 4) is 11.5 Å². The molecule has 0 spiro atoms. The van der Waals surface area contributed by atoms with E-state index in [-0.39, 0.29) is 5.75 Å². The Morgan fingerprint density at radius 1 is 1.09 bits per heavy atom. The van der Waals surface area contributed by atoms with Crippen molar-refractivity contribution in [2.24, 2.45) is 5.73 Å². The van der Waals surface area contributed by atoms with Gasteiger partial charge in [0.2, 0.25) is 0 Å². The summed E-state index contributed by atoms with van der Waals surface area (Å²) < 4.78 is 46.3. The summed E-state index contributed by atoms with van der Waals surface area (Å²) >= 11 is 3.35. The first-order chi connectivity index (χ1) is 10.3. The molecule has 118 valence electrons. The largest absolute Gasteiger partial charge is 0.573 e. The van der Waals surface area contributed by atoms with Crippen LogP contribution in [0.3, 0.4) is 0 Å². The molecule has 0 saturated carbocycles. The normalized spacial score (nSPS) is 12.8. The van der Waals surface area contributed by atoms with Gasteiger partial charge in [0.1, 0.15) is 11.5 Å². The molecule has 22 heavy (non-hydrogen) atoms. The molecule has 0 saturated heterocycles. The number of halogens is 4. The van der Waals surface area contributed by atoms with E-state index in [1.54, 1.807) is 6.07 Å². The van der Waals surface area contributed by atoms with E-state index in [0.717, 1.165) is 10.0 Å². The third-order valence-electron chi connectivity index (χ3n) is 3.00. The van der Waals surface area contributed by atoms with Crippen LogP contribution in [0.4, 0.5) is 13.2 Å². The molecule has 2 aromatic carbocycles. The highest BCUT2D eigenvalue weighted by Gasteiger charge is 2.31. The Bertz CT molecular complexity index is 644. The minimum absolute atomic E-state index is 0.287. The van der Waals surface area contributed by atoms with E-state index < -0.39 is 12.4 Å². The Morgan fingerprint density at radius 2 is 1.73 bits per heavy atom. The van der Waals surface area contributed by atoms with E-state index in [1.807, 2.05) is 12.1 Å². The Labute approximate surface area is 134 Å². The molecule has 0 amide bonds. The van der Waals surface area contributed by atoms with Crippen LogP contribution in [0.15, 0.2) is 46.9 Å². The Morgan fingerprint density at radius 3 is 2.27 bits per heavy atom. The maximum absolute atomic E-state index is 12.1. The lowest BCUT2D eigenvalue weighted by Gasteiger charge is -2.17. The van der Waals surface area contributed by atoms with Crippen LogP contribution in [0.25, 0.3) is 0 Å². The zero-order valence-corrected chi connectivity index (χ0v) is 13.1. The smallest absolute Gasteiger partial charge is 0.496 e. The third kappa shape index (κ3) is 4.14. The molecule has 0 aliphatic rings. The number of methoxy groups -OCH3 is 1. The quantitative estimate of drug-likeness (QED) is 0.860. The zero-order valence-electron chi connectivity index (χ0n) is 11.5. The fourth-order valence-corrected chi connectivity index (χ4v) is 2.38. The molecular weight excluding hydrogens is 363 g/mol. The fourth-order valence-electron chi connectivity index (χ4n) is 2.00. The lowest BCUT2D eigenvalue weighted by atomic mass is 9.99. The number of hydrogen-bond donors (Lipinski definition) is 1. The van der Waals surface area contributed by atoms with Gasteiger partial charge in [0.15, 0.2) is 0 Å². The number of benzene rings is 2. The minimum atomic E-state index is -4.71. The number of hydrogen-bond acceptors (Lipinski definition) is 3. The monoisotopic (exact) mass is 375 g/mol. The molecule has 0 aromatic heterocycles. The van der Waals surface area contributed by atoms with E-state index >= 15 is 0 Å². The van der Waals surface area contributed by atoms with Crippen molar-refractivity contribution >= 4 is 15.9 Å². The molecule has 1 atom stereocenters. The highest BCUT2D eigenvalue weighted by Crippen LogP contribution is 2.32. The van der Waals surface area contributed by atoms with Crippen LogP contribution in [-0.2, 0) is 0 Å². The molecule has 3 nitrogen and oxygen atoms in total. The highest BCUT2D eigenvalue weighted by atomic mass is 79.9. The first-order valence-corrected chi connectivity index (χ1v) is 7.04. The van der Waals surface area contributed by atoms with Gasteiger partial charge in [0.05, 0.1) is 13.2 Å². The summed E-state index contributed by atoms with van der Waals surface area (Å²) in [4.78, 5) is 0. The van der Waals surface area contributed by atoms with Gasteiger partial charge in [-0.2, -0.15) is 0 Å². The van der Waals surface area contributed by atoms with Crippen molar-refractivity contribution in [2.75, 3.05) is 7.11 Å². The van der Waals surface area contributed by atoms with Crippen LogP contribution in [0.5, 0.6) is 11.5 Å². The van der Waals surface area contributed by atoms with Crippen LogP contribution >= 0.6 is 15.9 Å². The number of ether oxygens (including phenoxy) is 2. The second kappa shape index (κ2) is 6.58. The Kier molecular flexibility index (Phi) is 4.97. The predicted molar refractivity (Wildman–Crippen MR) is 79.8 cm³/mol. The molecule has 2 aromatic rings. The summed E-state index contributed by atoms with van der Waals surface area (Å²) in [6, 6.07) is 10.3. The van der Waals surface area contributed by atoms with Crippen LogP contribution in [0.2, 0.25) is 0 Å². The second-order valence-electron chi connectivity index (χ2n) is 4.48. The fraction of sp³-hybridized carbons (Fsp3) is 0.200. The number of rotatable bonds is 4. The summed E-state index contributed by atoms with van der Waals surface area (Å²) in [5.41, 5.74) is 7.54. The molecule has 0 heterocycles. The average molecular weight is 376 g/mol. The molecule has 0 fully saturated rings. The SMILES string of the molecule is COc1ccc(Br)cc1[C@H](N)c1ccc(OC(F)(F)F)cc1. The van der Waals surface area contributed by atoms with E-state index in [1.165, 1.54) is 31.4 Å². The number of nitrogens with two attached hydrogens (primary N) is 1. The van der Waals surface area contributed by atoms with Crippen molar-refractivity contribution in [1.82, 2.24) is 0 Å². The van der Waals surface area contributed by atoms with E-state index in [0.29, 0.717) is 11.3 Å². The molecule has 7 heteroatoms. The van der Waals surface area contributed by atoms with E-state index in [2.05, 4.69) is 20.7 Å². The van der Waals surface area contributed by atoms with Gasteiger partial charge in [-0.25, -0.2) is 0 Å². The van der Waals surface area contributed by atoms with Gasteiger partial charge in [-0.1, -0.05) is 28.1 Å². The van der Waals surface area contributed by atoms with Crippen LogP contribution in [0, 0.1) is 0 Å². The maximum Gasteiger partial charge on any atom is 0.573 e. The van der Waals surface area contributed by atoms with Crippen molar-refractivity contribution in [3.05, 3.63) is 58.1 Å². The first kappa shape index (κ1) is 16.6. The average Bonchev–Trinajstić information content (AvgIpc) is 2.45. The molecule has 2 N–H and O–H groups in total. The van der Waals surface area contributed by atoms with Gasteiger partial charge in [0.25, 0.3) is 0 Å². The molecule has 0 radical (unpaired) electrons. The topological polar surface area (TPSA) is 44.5 Å². The zero-order chi connectivity index (χ0) is 16.3. The van der Waals surface area contributed by atoms with Gasteiger partial charge in [-0.15, -0.1) is 13.2 Å². The summed E-state index contributed by atoms with van der Waals surface area (Å²) in [7, 11) is 1.53. The lowest BCUT2D eigenvalue weighted by Crippen LogP contribution is -2.17. The summed E-state index contributed by atoms with van der Waals surface area (Å²) in [5.74, 6) is 0.316. The van der Waals surface area contributed by atoms with Crippen molar-refractivity contribution in [3.63, 3.8) is 0 Å². The minimum Gasteiger partial charge on any atom is -0.496 e. The van der Waals surface area contributed by atoms with Crippen molar-refractivity contribution in [2.45, 2.75) is 12.4 Å². The molecule has 0 unspecified atom stereocenters. The van der Waals surface area contributed by atoms with Gasteiger partial charge >= 0.3 is 6.36 Å². The maximum atomic E-state index is 12.1. The predicted octanol–water partition coefficient (Wildman–Crippen LogP) is 4.40. The van der Waals surface area contributed by atoms with Gasteiger partial charge in [-0.05, 0) is 35.9 Å². The van der Waals surface area contributed by atoms with E-state index in [9.17, 15) is 13.2 Å². The van der Waals surface area contributed by atoms with Crippen LogP contribution < -0.4 is 15.2 Å². The number of alkyl halides is 3. The highest BCUT2D eigenvalue weighted by molar-refractivity contribution is 9.10. The lowest BCUT2D eigenvalue weighted by molar-refractivity contribution is -0.274. The Balaban J connectivity index is 2.26. The summed E-state index contributed by atoms with van der Waals surface area (Å²) in [6.45, 7) is 0. The second-order valence-corrected chi connectivity index (χ2v) is 5.40. The Hall–Kier alpha value is -1.73. The van der Waals surface area contributed by atoms with Crippen molar-refractivity contribution < 1.29 is 22.6 Å². The molecular formula is C15H13BrF3NO2. The van der Waals surface area contributed by atoms with Gasteiger partial charge < -0.3 is 15.2 Å². The standard InChI is InChI=1S/C15H13BrF3NO2/c1-21-13-7-4-10(16)8-12(13)14(20)9-2-5-11(6-3-9)22-15(17,18)19/h2-8,14H,20H2,1H3/t14-/m1/s1. The van der Waals surface area contributed by atoms with Gasteiger partial charge in [-0.3, -0.25) is 0 Å². The van der Waals surface area contributed by atoms with Crippen LogP contribution in [-0.4, -0.2) is 13.5 Å².